The number of likely N-dealkylation sites (tertiary alicyclic amines) is 1. The zero-order chi connectivity index (χ0) is 29.2. The number of ether oxygens (including phenoxy) is 1. The predicted molar refractivity (Wildman–Crippen MR) is 157 cm³/mol. The van der Waals surface area contributed by atoms with Crippen molar-refractivity contribution in [2.45, 2.75) is 102 Å². The Morgan fingerprint density at radius 2 is 2.05 bits per heavy atom. The highest BCUT2D eigenvalue weighted by Crippen LogP contribution is 2.65. The Bertz CT molecular complexity index is 1340. The third-order valence-electron chi connectivity index (χ3n) is 11.1. The average molecular weight is 563 g/mol. The minimum Gasteiger partial charge on any atom is -0.464 e. The summed E-state index contributed by atoms with van der Waals surface area (Å²) < 4.78 is 25.1. The number of hydrogen-bond acceptors (Lipinski definition) is 6. The van der Waals surface area contributed by atoms with Gasteiger partial charge in [0.05, 0.1) is 29.4 Å². The van der Waals surface area contributed by atoms with Gasteiger partial charge in [0.25, 0.3) is 0 Å². The molecule has 7 rings (SSSR count). The normalized spacial score (nSPS) is 34.2. The van der Waals surface area contributed by atoms with Gasteiger partial charge in [0.15, 0.2) is 0 Å². The maximum absolute atomic E-state index is 13.4. The molecule has 1 aromatic carbocycles. The second-order valence-corrected chi connectivity index (χ2v) is 13.5. The van der Waals surface area contributed by atoms with E-state index in [1.54, 1.807) is 6.26 Å². The maximum atomic E-state index is 13.4. The molecule has 5 aliphatic rings. The van der Waals surface area contributed by atoms with Crippen LogP contribution in [0.2, 0.25) is 0 Å². The molecule has 41 heavy (non-hydrogen) atoms. The SMILES string of the molecule is C=CC(=O)N1C(C)CC[C@]1(CC)COC(=O)N[C@@H](Cc1coc2ccccc12)B1O[C@@H]2C[C@@H]3C[C@@H](C3(C)C)[C@]2(C)O1. The van der Waals surface area contributed by atoms with Gasteiger partial charge in [0, 0.05) is 11.4 Å². The van der Waals surface area contributed by atoms with Crippen LogP contribution in [0.3, 0.4) is 0 Å². The number of benzene rings is 1. The van der Waals surface area contributed by atoms with Gasteiger partial charge in [-0.05, 0) is 87.3 Å². The average Bonchev–Trinajstić information content (AvgIpc) is 3.63. The number of fused-ring (bicyclic) bond motifs is 1. The molecule has 2 saturated heterocycles. The van der Waals surface area contributed by atoms with Crippen molar-refractivity contribution in [2.24, 2.45) is 17.3 Å². The third-order valence-corrected chi connectivity index (χ3v) is 11.1. The number of amides is 2. The molecule has 220 valence electrons. The summed E-state index contributed by atoms with van der Waals surface area (Å²) in [4.78, 5) is 28.0. The summed E-state index contributed by atoms with van der Waals surface area (Å²) in [6.45, 7) is 14.7. The largest absolute Gasteiger partial charge is 0.482 e. The van der Waals surface area contributed by atoms with Crippen LogP contribution in [0.4, 0.5) is 4.79 Å². The molecular weight excluding hydrogens is 519 g/mol. The molecule has 3 heterocycles. The van der Waals surface area contributed by atoms with Crippen LogP contribution >= 0.6 is 0 Å². The number of carbonyl (C=O) groups is 2. The summed E-state index contributed by atoms with van der Waals surface area (Å²) >= 11 is 0. The highest BCUT2D eigenvalue weighted by atomic mass is 16.7. The maximum Gasteiger partial charge on any atom is 0.482 e. The number of carbonyl (C=O) groups excluding carboxylic acids is 2. The Balaban J connectivity index is 1.21. The van der Waals surface area contributed by atoms with E-state index in [1.807, 2.05) is 43.0 Å². The van der Waals surface area contributed by atoms with Gasteiger partial charge in [-0.1, -0.05) is 45.5 Å². The number of rotatable bonds is 8. The van der Waals surface area contributed by atoms with E-state index in [2.05, 4.69) is 32.7 Å². The van der Waals surface area contributed by atoms with E-state index >= 15 is 0 Å². The van der Waals surface area contributed by atoms with E-state index in [9.17, 15) is 9.59 Å². The Morgan fingerprint density at radius 1 is 1.27 bits per heavy atom. The van der Waals surface area contributed by atoms with E-state index < -0.39 is 30.3 Å². The van der Waals surface area contributed by atoms with Crippen molar-refractivity contribution in [3.8, 4) is 0 Å². The molecule has 0 spiro atoms. The second kappa shape index (κ2) is 10.2. The van der Waals surface area contributed by atoms with Gasteiger partial charge in [-0.25, -0.2) is 4.79 Å². The van der Waals surface area contributed by atoms with Crippen LogP contribution in [0.25, 0.3) is 11.0 Å². The van der Waals surface area contributed by atoms with Crippen LogP contribution in [0.15, 0.2) is 47.6 Å². The van der Waals surface area contributed by atoms with Crippen molar-refractivity contribution in [1.82, 2.24) is 10.2 Å². The van der Waals surface area contributed by atoms with E-state index in [0.29, 0.717) is 24.7 Å². The van der Waals surface area contributed by atoms with E-state index in [-0.39, 0.29) is 30.1 Å². The van der Waals surface area contributed by atoms with Crippen LogP contribution < -0.4 is 5.32 Å². The van der Waals surface area contributed by atoms with Crippen molar-refractivity contribution in [1.29, 1.82) is 0 Å². The van der Waals surface area contributed by atoms with Crippen LogP contribution in [0.1, 0.15) is 72.3 Å². The Kier molecular flexibility index (Phi) is 7.05. The summed E-state index contributed by atoms with van der Waals surface area (Å²) in [5.41, 5.74) is 1.04. The quantitative estimate of drug-likeness (QED) is 0.329. The monoisotopic (exact) mass is 562 g/mol. The van der Waals surface area contributed by atoms with Crippen molar-refractivity contribution in [2.75, 3.05) is 6.61 Å². The first-order valence-corrected chi connectivity index (χ1v) is 15.2. The van der Waals surface area contributed by atoms with Gasteiger partial charge in [-0.15, -0.1) is 0 Å². The fourth-order valence-corrected chi connectivity index (χ4v) is 8.44. The molecule has 1 unspecified atom stereocenters. The summed E-state index contributed by atoms with van der Waals surface area (Å²) in [6.07, 6.45) is 7.44. The number of nitrogens with one attached hydrogen (secondary N) is 1. The topological polar surface area (TPSA) is 90.2 Å². The molecule has 1 N–H and O–H groups in total. The fraction of sp³-hybridized carbons (Fsp3) is 0.625. The smallest absolute Gasteiger partial charge is 0.464 e. The van der Waals surface area contributed by atoms with Crippen molar-refractivity contribution >= 4 is 30.1 Å². The lowest BCUT2D eigenvalue weighted by molar-refractivity contribution is -0.199. The second-order valence-electron chi connectivity index (χ2n) is 13.5. The molecule has 1 aromatic heterocycles. The summed E-state index contributed by atoms with van der Waals surface area (Å²) in [7, 11) is -0.619. The molecule has 3 saturated carbocycles. The van der Waals surface area contributed by atoms with Gasteiger partial charge in [0.2, 0.25) is 5.91 Å². The highest BCUT2D eigenvalue weighted by molar-refractivity contribution is 6.48. The lowest BCUT2D eigenvalue weighted by atomic mass is 9.43. The van der Waals surface area contributed by atoms with Gasteiger partial charge in [-0.3, -0.25) is 4.79 Å². The summed E-state index contributed by atoms with van der Waals surface area (Å²) in [5.74, 6) is 0.420. The molecule has 7 atom stereocenters. The van der Waals surface area contributed by atoms with Gasteiger partial charge >= 0.3 is 13.2 Å². The van der Waals surface area contributed by atoms with Crippen LogP contribution in [-0.4, -0.2) is 59.9 Å². The number of para-hydroxylation sites is 1. The molecule has 5 fully saturated rings. The molecule has 9 heteroatoms. The van der Waals surface area contributed by atoms with Crippen molar-refractivity contribution in [3.05, 3.63) is 48.7 Å². The first kappa shape index (κ1) is 28.3. The molecule has 2 bridgehead atoms. The van der Waals surface area contributed by atoms with Crippen molar-refractivity contribution in [3.63, 3.8) is 0 Å². The first-order chi connectivity index (χ1) is 19.5. The van der Waals surface area contributed by atoms with E-state index in [4.69, 9.17) is 18.5 Å². The Hall–Kier alpha value is -2.78. The molecule has 2 aromatic rings. The van der Waals surface area contributed by atoms with Crippen LogP contribution in [0.5, 0.6) is 0 Å². The van der Waals surface area contributed by atoms with E-state index in [0.717, 1.165) is 42.2 Å². The lowest BCUT2D eigenvalue weighted by Crippen LogP contribution is -2.65. The molecule has 2 amide bonds. The summed E-state index contributed by atoms with van der Waals surface area (Å²) in [5, 5.41) is 4.10. The minimum atomic E-state index is -0.619. The van der Waals surface area contributed by atoms with Gasteiger partial charge in [-0.2, -0.15) is 0 Å². The molecule has 0 radical (unpaired) electrons. The molecule has 8 nitrogen and oxygen atoms in total. The minimum absolute atomic E-state index is 0.00694. The molecular formula is C32H43BN2O6. The zero-order valence-electron chi connectivity index (χ0n) is 25.0. The van der Waals surface area contributed by atoms with Gasteiger partial charge in [0.1, 0.15) is 12.2 Å². The number of alkyl carbamates (subject to hydrolysis) is 1. The van der Waals surface area contributed by atoms with Crippen LogP contribution in [-0.2, 0) is 25.3 Å². The molecule has 3 aliphatic carbocycles. The zero-order valence-corrected chi connectivity index (χ0v) is 25.0. The predicted octanol–water partition coefficient (Wildman–Crippen LogP) is 5.68. The van der Waals surface area contributed by atoms with Gasteiger partial charge < -0.3 is 28.7 Å². The summed E-state index contributed by atoms with van der Waals surface area (Å²) in [6, 6.07) is 7.95. The lowest BCUT2D eigenvalue weighted by Gasteiger charge is -2.64. The Morgan fingerprint density at radius 3 is 2.78 bits per heavy atom. The Labute approximate surface area is 243 Å². The van der Waals surface area contributed by atoms with Crippen LogP contribution in [0, 0.1) is 17.3 Å². The fourth-order valence-electron chi connectivity index (χ4n) is 8.44. The highest BCUT2D eigenvalue weighted by Gasteiger charge is 2.68. The number of nitrogens with zero attached hydrogens (tertiary/aromatic N) is 1. The number of hydrogen-bond donors (Lipinski definition) is 1. The number of furan rings is 1. The van der Waals surface area contributed by atoms with Crippen molar-refractivity contribution < 1.29 is 28.1 Å². The standard InChI is InChI=1S/C32H43BN2O6/c1-7-28(36)35-20(3)13-14-32(35,8-2)19-39-29(37)34-27(15-21-18-38-24-12-10-9-11-23(21)24)33-40-26-17-22-16-25(30(22,4)5)31(26,6)41-33/h7,9-12,18,20,22,25-27H,1,8,13-17,19H2,2-6H3,(H,34,37)/t20?,22-,25-,26+,27-,31-,32+/m0/s1. The molecule has 2 aliphatic heterocycles. The van der Waals surface area contributed by atoms with E-state index in [1.165, 1.54) is 6.08 Å². The third kappa shape index (κ3) is 4.51. The first-order valence-electron chi connectivity index (χ1n) is 15.2.